The molecule has 5 rings (SSSR count). The summed E-state index contributed by atoms with van der Waals surface area (Å²) in [7, 11) is 0. The van der Waals surface area contributed by atoms with E-state index in [1.165, 1.54) is 0 Å². The van der Waals surface area contributed by atoms with E-state index in [9.17, 15) is 4.79 Å². The van der Waals surface area contributed by atoms with Crippen LogP contribution in [-0.2, 0) is 17.9 Å². The third-order valence-electron chi connectivity index (χ3n) is 5.33. The smallest absolute Gasteiger partial charge is 0.224 e. The number of amides is 1. The molecule has 1 saturated carbocycles. The fourth-order valence-electron chi connectivity index (χ4n) is 3.90. The van der Waals surface area contributed by atoms with Gasteiger partial charge in [0.2, 0.25) is 5.91 Å². The van der Waals surface area contributed by atoms with Crippen molar-refractivity contribution in [3.63, 3.8) is 0 Å². The molecule has 3 N–H and O–H groups in total. The lowest BCUT2D eigenvalue weighted by Crippen LogP contribution is -2.58. The van der Waals surface area contributed by atoms with Crippen LogP contribution in [0.4, 0.5) is 0 Å². The first-order chi connectivity index (χ1) is 10.7. The topological polar surface area (TPSA) is 89.1 Å². The first-order valence-corrected chi connectivity index (χ1v) is 8.36. The standard InChI is InChI=1S/C15H24N6O/c16-6-12-7-21(19-18-12)8-13-5-10-3-4-20(13)9-14(10)15(22)17-11-1-2-11/h7,10-11,13-14H,1-6,8-9,16H2,(H,17,22)/t10?,13-,14+/m1/s1. The Hall–Kier alpha value is -1.47. The van der Waals surface area contributed by atoms with Gasteiger partial charge in [-0.3, -0.25) is 14.4 Å². The summed E-state index contributed by atoms with van der Waals surface area (Å²) in [6, 6.07) is 0.930. The van der Waals surface area contributed by atoms with Crippen LogP contribution in [0.25, 0.3) is 0 Å². The van der Waals surface area contributed by atoms with E-state index in [4.69, 9.17) is 5.73 Å². The Morgan fingerprint density at radius 2 is 2.27 bits per heavy atom. The summed E-state index contributed by atoms with van der Waals surface area (Å²) in [4.78, 5) is 14.8. The number of rotatable bonds is 5. The maximum Gasteiger partial charge on any atom is 0.224 e. The lowest BCUT2D eigenvalue weighted by Gasteiger charge is -2.49. The third-order valence-corrected chi connectivity index (χ3v) is 5.33. The number of nitrogens with zero attached hydrogens (tertiary/aromatic N) is 4. The number of carbonyl (C=O) groups is 1. The van der Waals surface area contributed by atoms with E-state index in [1.807, 2.05) is 10.9 Å². The molecule has 3 aliphatic heterocycles. The van der Waals surface area contributed by atoms with Gasteiger partial charge in [-0.05, 0) is 38.1 Å². The van der Waals surface area contributed by atoms with Crippen LogP contribution in [0.1, 0.15) is 31.4 Å². The summed E-state index contributed by atoms with van der Waals surface area (Å²) >= 11 is 0. The minimum absolute atomic E-state index is 0.181. The minimum atomic E-state index is 0.181. The summed E-state index contributed by atoms with van der Waals surface area (Å²) in [5.74, 6) is 0.981. The molecular weight excluding hydrogens is 280 g/mol. The normalized spacial score (nSPS) is 33.9. The third kappa shape index (κ3) is 2.75. The maximum absolute atomic E-state index is 12.4. The number of fused-ring (bicyclic) bond motifs is 3. The molecule has 2 bridgehead atoms. The molecule has 7 heteroatoms. The van der Waals surface area contributed by atoms with Crippen molar-refractivity contribution in [3.05, 3.63) is 11.9 Å². The zero-order valence-electron chi connectivity index (χ0n) is 12.8. The highest BCUT2D eigenvalue weighted by Gasteiger charge is 2.44. The summed E-state index contributed by atoms with van der Waals surface area (Å²) < 4.78 is 1.90. The summed E-state index contributed by atoms with van der Waals surface area (Å²) in [6.45, 7) is 3.27. The number of nitrogens with one attached hydrogen (secondary N) is 1. The molecule has 1 aromatic heterocycles. The maximum atomic E-state index is 12.4. The van der Waals surface area contributed by atoms with Gasteiger partial charge in [-0.2, -0.15) is 0 Å². The van der Waals surface area contributed by atoms with E-state index in [2.05, 4.69) is 20.5 Å². The molecule has 7 nitrogen and oxygen atoms in total. The molecule has 0 spiro atoms. The molecule has 120 valence electrons. The molecule has 0 radical (unpaired) electrons. The van der Waals surface area contributed by atoms with Crippen molar-refractivity contribution in [3.8, 4) is 0 Å². The van der Waals surface area contributed by atoms with E-state index in [0.717, 1.165) is 51.0 Å². The molecule has 4 atom stereocenters. The molecule has 4 fully saturated rings. The van der Waals surface area contributed by atoms with Crippen LogP contribution in [-0.4, -0.2) is 51.0 Å². The first kappa shape index (κ1) is 14.1. The Morgan fingerprint density at radius 1 is 1.41 bits per heavy atom. The lowest BCUT2D eigenvalue weighted by molar-refractivity contribution is -0.133. The highest BCUT2D eigenvalue weighted by atomic mass is 16.2. The van der Waals surface area contributed by atoms with E-state index in [-0.39, 0.29) is 11.8 Å². The van der Waals surface area contributed by atoms with E-state index >= 15 is 0 Å². The van der Waals surface area contributed by atoms with Crippen molar-refractivity contribution in [2.75, 3.05) is 13.1 Å². The number of hydrogen-bond acceptors (Lipinski definition) is 5. The van der Waals surface area contributed by atoms with E-state index in [0.29, 0.717) is 24.5 Å². The molecule has 0 aromatic carbocycles. The quantitative estimate of drug-likeness (QED) is 0.781. The molecule has 1 aliphatic carbocycles. The van der Waals surface area contributed by atoms with Crippen molar-refractivity contribution < 1.29 is 4.79 Å². The predicted octanol–water partition coefficient (Wildman–Crippen LogP) is -0.274. The van der Waals surface area contributed by atoms with Gasteiger partial charge in [0.1, 0.15) is 0 Å². The van der Waals surface area contributed by atoms with Gasteiger partial charge < -0.3 is 11.1 Å². The van der Waals surface area contributed by atoms with Crippen LogP contribution in [0.2, 0.25) is 0 Å². The van der Waals surface area contributed by atoms with Gasteiger partial charge in [0.25, 0.3) is 0 Å². The average molecular weight is 304 g/mol. The highest BCUT2D eigenvalue weighted by molar-refractivity contribution is 5.80. The Morgan fingerprint density at radius 3 is 2.91 bits per heavy atom. The predicted molar refractivity (Wildman–Crippen MR) is 80.7 cm³/mol. The second-order valence-electron chi connectivity index (χ2n) is 6.96. The van der Waals surface area contributed by atoms with Crippen molar-refractivity contribution >= 4 is 5.91 Å². The molecule has 4 heterocycles. The van der Waals surface area contributed by atoms with Crippen molar-refractivity contribution in [2.45, 2.75) is 50.9 Å². The number of hydrogen-bond donors (Lipinski definition) is 2. The van der Waals surface area contributed by atoms with Crippen molar-refractivity contribution in [1.82, 2.24) is 25.2 Å². The van der Waals surface area contributed by atoms with E-state index in [1.54, 1.807) is 0 Å². The van der Waals surface area contributed by atoms with Gasteiger partial charge >= 0.3 is 0 Å². The van der Waals surface area contributed by atoms with Gasteiger partial charge in [0.05, 0.1) is 18.2 Å². The number of carbonyl (C=O) groups excluding carboxylic acids is 1. The van der Waals surface area contributed by atoms with Crippen LogP contribution in [0, 0.1) is 11.8 Å². The Kier molecular flexibility index (Phi) is 3.62. The fourth-order valence-corrected chi connectivity index (χ4v) is 3.90. The highest BCUT2D eigenvalue weighted by Crippen LogP contribution is 2.37. The molecule has 3 saturated heterocycles. The largest absolute Gasteiger partial charge is 0.353 e. The molecule has 4 aliphatic rings. The zero-order valence-corrected chi connectivity index (χ0v) is 12.8. The van der Waals surface area contributed by atoms with Gasteiger partial charge in [0, 0.05) is 31.4 Å². The number of nitrogens with two attached hydrogens (primary N) is 1. The van der Waals surface area contributed by atoms with Crippen molar-refractivity contribution in [1.29, 1.82) is 0 Å². The number of piperidine rings is 3. The first-order valence-electron chi connectivity index (χ1n) is 8.36. The molecule has 2 unspecified atom stereocenters. The van der Waals surface area contributed by atoms with Crippen LogP contribution in [0.3, 0.4) is 0 Å². The lowest BCUT2D eigenvalue weighted by atomic mass is 9.75. The zero-order chi connectivity index (χ0) is 15.1. The van der Waals surface area contributed by atoms with Gasteiger partial charge in [0.15, 0.2) is 0 Å². The van der Waals surface area contributed by atoms with Gasteiger partial charge in [-0.15, -0.1) is 5.10 Å². The SMILES string of the molecule is NCc1cn(C[C@H]2CC3CCN2C[C@@H]3C(=O)NC2CC2)nn1. The Labute approximate surface area is 130 Å². The Balaban J connectivity index is 1.38. The summed E-state index contributed by atoms with van der Waals surface area (Å²) in [5.41, 5.74) is 6.41. The summed E-state index contributed by atoms with van der Waals surface area (Å²) in [6.07, 6.45) is 6.47. The molecule has 22 heavy (non-hydrogen) atoms. The number of aromatic nitrogens is 3. The van der Waals surface area contributed by atoms with Crippen LogP contribution >= 0.6 is 0 Å². The average Bonchev–Trinajstić information content (AvgIpc) is 3.24. The molecule has 1 aromatic rings. The van der Waals surface area contributed by atoms with Gasteiger partial charge in [-0.25, -0.2) is 0 Å². The van der Waals surface area contributed by atoms with Crippen LogP contribution in [0.15, 0.2) is 6.20 Å². The second-order valence-corrected chi connectivity index (χ2v) is 6.96. The van der Waals surface area contributed by atoms with Crippen LogP contribution in [0.5, 0.6) is 0 Å². The van der Waals surface area contributed by atoms with Crippen LogP contribution < -0.4 is 11.1 Å². The van der Waals surface area contributed by atoms with Crippen molar-refractivity contribution in [2.24, 2.45) is 17.6 Å². The monoisotopic (exact) mass is 304 g/mol. The molecular formula is C15H24N6O. The summed E-state index contributed by atoms with van der Waals surface area (Å²) in [5, 5.41) is 11.4. The Bertz CT molecular complexity index is 554. The second kappa shape index (κ2) is 5.62. The molecule has 1 amide bonds. The minimum Gasteiger partial charge on any atom is -0.353 e. The van der Waals surface area contributed by atoms with Gasteiger partial charge in [-0.1, -0.05) is 5.21 Å². The van der Waals surface area contributed by atoms with E-state index < -0.39 is 0 Å². The fraction of sp³-hybridized carbons (Fsp3) is 0.800.